The van der Waals surface area contributed by atoms with Crippen LogP contribution >= 0.6 is 11.6 Å². The predicted molar refractivity (Wildman–Crippen MR) is 166 cm³/mol. The summed E-state index contributed by atoms with van der Waals surface area (Å²) in [7, 11) is 3.01. The molecule has 236 valence electrons. The molecule has 3 rings (SSSR count). The Labute approximate surface area is 259 Å². The molecule has 0 saturated carbocycles. The van der Waals surface area contributed by atoms with Crippen LogP contribution in [0, 0.1) is 5.41 Å². The highest BCUT2D eigenvalue weighted by Gasteiger charge is 2.32. The molecule has 1 atom stereocenters. The number of esters is 1. The van der Waals surface area contributed by atoms with Crippen LogP contribution in [0.5, 0.6) is 11.5 Å². The van der Waals surface area contributed by atoms with E-state index >= 15 is 0 Å². The van der Waals surface area contributed by atoms with E-state index in [4.69, 9.17) is 25.8 Å². The third kappa shape index (κ3) is 9.32. The minimum absolute atomic E-state index is 0.0254. The Hall–Kier alpha value is -3.34. The molecule has 0 aromatic heterocycles. The molecule has 1 N–H and O–H groups in total. The van der Waals surface area contributed by atoms with Crippen LogP contribution in [-0.2, 0) is 19.1 Å². The Bertz CT molecular complexity index is 1270. The van der Waals surface area contributed by atoms with Crippen LogP contribution in [0.15, 0.2) is 36.4 Å². The third-order valence-corrected chi connectivity index (χ3v) is 7.37. The number of hydrogen-bond donors (Lipinski definition) is 1. The summed E-state index contributed by atoms with van der Waals surface area (Å²) in [4.78, 5) is 44.1. The Morgan fingerprint density at radius 1 is 0.977 bits per heavy atom. The van der Waals surface area contributed by atoms with E-state index in [1.807, 2.05) is 25.7 Å². The molecule has 0 radical (unpaired) electrons. The molecule has 2 aromatic rings. The number of hydrogen-bond acceptors (Lipinski definition) is 8. The van der Waals surface area contributed by atoms with Gasteiger partial charge in [-0.15, -0.1) is 0 Å². The van der Waals surface area contributed by atoms with Crippen molar-refractivity contribution in [2.75, 3.05) is 65.0 Å². The summed E-state index contributed by atoms with van der Waals surface area (Å²) in [5.74, 6) is 0.134. The summed E-state index contributed by atoms with van der Waals surface area (Å²) in [6.07, 6.45) is -1.19. The number of carbonyl (C=O) groups is 3. The lowest BCUT2D eigenvalue weighted by Gasteiger charge is -2.35. The number of methoxy groups -OCH3 is 2. The van der Waals surface area contributed by atoms with E-state index in [2.05, 4.69) is 0 Å². The summed E-state index contributed by atoms with van der Waals surface area (Å²) >= 11 is 6.46. The summed E-state index contributed by atoms with van der Waals surface area (Å²) in [5.41, 5.74) is 0.962. The zero-order chi connectivity index (χ0) is 31.7. The quantitative estimate of drug-likeness (QED) is 0.351. The van der Waals surface area contributed by atoms with Crippen LogP contribution in [0.3, 0.4) is 0 Å². The molecule has 11 heteroatoms. The van der Waals surface area contributed by atoms with Crippen molar-refractivity contribution in [3.05, 3.63) is 52.5 Å². The van der Waals surface area contributed by atoms with Crippen molar-refractivity contribution in [2.45, 2.75) is 46.6 Å². The number of amides is 2. The van der Waals surface area contributed by atoms with E-state index in [1.54, 1.807) is 53.1 Å². The first-order valence-electron chi connectivity index (χ1n) is 14.5. The number of halogens is 1. The van der Waals surface area contributed by atoms with Gasteiger partial charge in [-0.2, -0.15) is 0 Å². The van der Waals surface area contributed by atoms with Gasteiger partial charge in [0.15, 0.2) is 0 Å². The average molecular weight is 618 g/mol. The summed E-state index contributed by atoms with van der Waals surface area (Å²) in [6, 6.07) is 10.3. The molecule has 43 heavy (non-hydrogen) atoms. The number of carbonyl (C=O) groups excluding carboxylic acids is 3. The Balaban J connectivity index is 1.85. The van der Waals surface area contributed by atoms with Gasteiger partial charge in [0, 0.05) is 67.8 Å². The van der Waals surface area contributed by atoms with Crippen LogP contribution in [0.25, 0.3) is 0 Å². The molecule has 1 fully saturated rings. The molecule has 1 saturated heterocycles. The normalized spacial score (nSPS) is 14.7. The molecule has 1 heterocycles. The molecule has 0 aliphatic carbocycles. The topological polar surface area (TPSA) is 109 Å². The Kier molecular flexibility index (Phi) is 12.2. The second-order valence-electron chi connectivity index (χ2n) is 11.7. The highest BCUT2D eigenvalue weighted by Crippen LogP contribution is 2.43. The zero-order valence-corrected chi connectivity index (χ0v) is 26.8. The maximum absolute atomic E-state index is 13.9. The number of para-hydroxylation sites is 1. The fraction of sp³-hybridized carbons (Fsp3) is 0.531. The smallest absolute Gasteiger partial charge is 0.320 e. The fourth-order valence-corrected chi connectivity index (χ4v) is 5.34. The van der Waals surface area contributed by atoms with Gasteiger partial charge >= 0.3 is 5.97 Å². The number of aliphatic hydroxyl groups is 1. The van der Waals surface area contributed by atoms with Gasteiger partial charge in [-0.25, -0.2) is 0 Å². The lowest BCUT2D eigenvalue weighted by atomic mass is 9.93. The van der Waals surface area contributed by atoms with E-state index < -0.39 is 6.10 Å². The van der Waals surface area contributed by atoms with Crippen LogP contribution in [0.2, 0.25) is 5.02 Å². The lowest BCUT2D eigenvalue weighted by molar-refractivity contribution is -0.145. The average Bonchev–Trinajstić information content (AvgIpc) is 2.97. The molecular formula is C32H44ClN3O7. The number of anilines is 1. The second-order valence-corrected chi connectivity index (χ2v) is 12.1. The Morgan fingerprint density at radius 3 is 2.23 bits per heavy atom. The highest BCUT2D eigenvalue weighted by atomic mass is 35.5. The highest BCUT2D eigenvalue weighted by molar-refractivity contribution is 6.31. The van der Waals surface area contributed by atoms with Gasteiger partial charge in [0.2, 0.25) is 11.8 Å². The van der Waals surface area contributed by atoms with Crippen molar-refractivity contribution in [3.63, 3.8) is 0 Å². The third-order valence-electron chi connectivity index (χ3n) is 7.16. The number of rotatable bonds is 12. The molecule has 2 aromatic carbocycles. The van der Waals surface area contributed by atoms with E-state index in [0.29, 0.717) is 72.7 Å². The lowest BCUT2D eigenvalue weighted by Crippen LogP contribution is -2.50. The van der Waals surface area contributed by atoms with Gasteiger partial charge in [-0.1, -0.05) is 50.6 Å². The van der Waals surface area contributed by atoms with E-state index in [-0.39, 0.29) is 42.6 Å². The van der Waals surface area contributed by atoms with Gasteiger partial charge in [0.05, 0.1) is 33.1 Å². The number of piperazine rings is 1. The van der Waals surface area contributed by atoms with E-state index in [9.17, 15) is 19.5 Å². The zero-order valence-electron chi connectivity index (χ0n) is 26.0. The van der Waals surface area contributed by atoms with Crippen LogP contribution in [0.1, 0.15) is 57.8 Å². The maximum atomic E-state index is 13.9. The fourth-order valence-electron chi connectivity index (χ4n) is 5.12. The molecule has 2 amide bonds. The van der Waals surface area contributed by atoms with Crippen LogP contribution in [-0.4, -0.2) is 92.8 Å². The molecule has 0 spiro atoms. The van der Waals surface area contributed by atoms with Gasteiger partial charge < -0.3 is 29.1 Å². The number of nitrogens with zero attached hydrogens (tertiary/aromatic N) is 3. The largest absolute Gasteiger partial charge is 0.496 e. The molecule has 10 nitrogen and oxygen atoms in total. The summed E-state index contributed by atoms with van der Waals surface area (Å²) in [6.45, 7) is 10.7. The standard InChI is InChI=1S/C32H44ClN3O7/c1-7-43-29(39)20-34-14-16-35(17-15-34)27(37)12-13-28(38)36(21-32(2,3)4)30-24(18-22(33)19-26(30)42-6)31(40)23-10-8-9-11-25(23)41-5/h8-11,18-19,31,40H,7,12-17,20-21H2,1-6H3/t31-/m1/s1. The van der Waals surface area contributed by atoms with Crippen LogP contribution < -0.4 is 14.4 Å². The second kappa shape index (κ2) is 15.4. The van der Waals surface area contributed by atoms with Gasteiger partial charge in [0.1, 0.15) is 17.6 Å². The minimum Gasteiger partial charge on any atom is -0.496 e. The summed E-state index contributed by atoms with van der Waals surface area (Å²) in [5, 5.41) is 12.0. The molecule has 1 aliphatic heterocycles. The molecule has 0 unspecified atom stereocenters. The maximum Gasteiger partial charge on any atom is 0.320 e. The van der Waals surface area contributed by atoms with Crippen molar-refractivity contribution in [3.8, 4) is 11.5 Å². The monoisotopic (exact) mass is 617 g/mol. The van der Waals surface area contributed by atoms with Gasteiger partial charge in [-0.3, -0.25) is 19.3 Å². The van der Waals surface area contributed by atoms with Crippen molar-refractivity contribution < 1.29 is 33.7 Å². The minimum atomic E-state index is -1.18. The number of ether oxygens (including phenoxy) is 3. The Morgan fingerprint density at radius 2 is 1.63 bits per heavy atom. The molecule has 1 aliphatic rings. The van der Waals surface area contributed by atoms with Crippen molar-refractivity contribution in [1.82, 2.24) is 9.80 Å². The summed E-state index contributed by atoms with van der Waals surface area (Å²) < 4.78 is 16.2. The number of aliphatic hydroxyl groups excluding tert-OH is 1. The SMILES string of the molecule is CCOC(=O)CN1CCN(C(=O)CCC(=O)N(CC(C)(C)C)c2c(OC)cc(Cl)cc2[C@H](O)c2ccccc2OC)CC1. The van der Waals surface area contributed by atoms with E-state index in [1.165, 1.54) is 14.2 Å². The van der Waals surface area contributed by atoms with Crippen LogP contribution in [0.4, 0.5) is 5.69 Å². The van der Waals surface area contributed by atoms with Gasteiger partial charge in [-0.05, 0) is 24.5 Å². The van der Waals surface area contributed by atoms with E-state index in [0.717, 1.165) is 0 Å². The van der Waals surface area contributed by atoms with Crippen molar-refractivity contribution in [1.29, 1.82) is 0 Å². The first-order chi connectivity index (χ1) is 20.4. The van der Waals surface area contributed by atoms with Crippen molar-refractivity contribution in [2.24, 2.45) is 5.41 Å². The first kappa shape index (κ1) is 34.2. The van der Waals surface area contributed by atoms with Gasteiger partial charge in [0.25, 0.3) is 0 Å². The van der Waals surface area contributed by atoms with Crippen molar-refractivity contribution >= 4 is 35.1 Å². The molecular weight excluding hydrogens is 574 g/mol. The first-order valence-corrected chi connectivity index (χ1v) is 14.9. The predicted octanol–water partition coefficient (Wildman–Crippen LogP) is 4.31. The number of benzene rings is 2. The molecule has 0 bridgehead atoms.